The molecular formula is C16H24O2. The van der Waals surface area contributed by atoms with Gasteiger partial charge in [-0.2, -0.15) is 0 Å². The van der Waals surface area contributed by atoms with Crippen LogP contribution in [-0.4, -0.2) is 18.8 Å². The second kappa shape index (κ2) is 6.79. The molecule has 2 heteroatoms. The highest BCUT2D eigenvalue weighted by Gasteiger charge is 2.33. The van der Waals surface area contributed by atoms with Crippen molar-refractivity contribution in [2.45, 2.75) is 58.2 Å². The zero-order chi connectivity index (χ0) is 12.8. The minimum atomic E-state index is 0.478. The van der Waals surface area contributed by atoms with Crippen LogP contribution in [0.5, 0.6) is 5.75 Å². The maximum atomic E-state index is 5.69. The predicted octanol–water partition coefficient (Wildman–Crippen LogP) is 3.98. The van der Waals surface area contributed by atoms with Crippen molar-refractivity contribution >= 4 is 0 Å². The summed E-state index contributed by atoms with van der Waals surface area (Å²) in [7, 11) is 0. The fraction of sp³-hybridized carbons (Fsp3) is 0.625. The molecule has 0 saturated carbocycles. The van der Waals surface area contributed by atoms with Crippen LogP contribution in [0.1, 0.15) is 45.1 Å². The molecule has 0 spiro atoms. The van der Waals surface area contributed by atoms with E-state index in [4.69, 9.17) is 9.47 Å². The second-order valence-corrected chi connectivity index (χ2v) is 5.12. The Bertz CT molecular complexity index is 345. The molecule has 2 atom stereocenters. The maximum Gasteiger partial charge on any atom is 0.119 e. The average Bonchev–Trinajstić information content (AvgIpc) is 3.10. The van der Waals surface area contributed by atoms with Crippen LogP contribution in [0.25, 0.3) is 0 Å². The molecule has 2 unspecified atom stereocenters. The molecule has 2 nitrogen and oxygen atoms in total. The lowest BCUT2D eigenvalue weighted by molar-refractivity contribution is 0.306. The molecule has 0 bridgehead atoms. The normalized spacial score (nSPS) is 21.9. The SMILES string of the molecule is CCCCCOc1ccc(CCC2OC2C)cc1. The van der Waals surface area contributed by atoms with Gasteiger partial charge < -0.3 is 9.47 Å². The summed E-state index contributed by atoms with van der Waals surface area (Å²) >= 11 is 0. The third-order valence-corrected chi connectivity index (χ3v) is 3.49. The van der Waals surface area contributed by atoms with E-state index in [0.717, 1.165) is 31.6 Å². The number of hydrogen-bond donors (Lipinski definition) is 0. The van der Waals surface area contributed by atoms with E-state index in [1.807, 2.05) is 0 Å². The monoisotopic (exact) mass is 248 g/mol. The van der Waals surface area contributed by atoms with Crippen LogP contribution in [0.3, 0.4) is 0 Å². The Labute approximate surface area is 110 Å². The number of rotatable bonds is 8. The lowest BCUT2D eigenvalue weighted by Crippen LogP contribution is -1.97. The highest BCUT2D eigenvalue weighted by Crippen LogP contribution is 2.26. The van der Waals surface area contributed by atoms with Crippen LogP contribution in [0.2, 0.25) is 0 Å². The van der Waals surface area contributed by atoms with E-state index in [-0.39, 0.29) is 0 Å². The first-order chi connectivity index (χ1) is 8.79. The largest absolute Gasteiger partial charge is 0.494 e. The fourth-order valence-corrected chi connectivity index (χ4v) is 2.14. The molecular weight excluding hydrogens is 224 g/mol. The molecule has 0 N–H and O–H groups in total. The topological polar surface area (TPSA) is 21.8 Å². The summed E-state index contributed by atoms with van der Waals surface area (Å²) in [4.78, 5) is 0. The van der Waals surface area contributed by atoms with Crippen molar-refractivity contribution in [3.05, 3.63) is 29.8 Å². The Morgan fingerprint density at radius 3 is 2.50 bits per heavy atom. The Kier molecular flexibility index (Phi) is 5.06. The van der Waals surface area contributed by atoms with Gasteiger partial charge in [0, 0.05) is 0 Å². The lowest BCUT2D eigenvalue weighted by Gasteiger charge is -2.06. The molecule has 1 aromatic rings. The van der Waals surface area contributed by atoms with Gasteiger partial charge in [0.15, 0.2) is 0 Å². The van der Waals surface area contributed by atoms with Crippen molar-refractivity contribution in [3.63, 3.8) is 0 Å². The van der Waals surface area contributed by atoms with Crippen molar-refractivity contribution in [3.8, 4) is 5.75 Å². The van der Waals surface area contributed by atoms with Gasteiger partial charge in [-0.15, -0.1) is 0 Å². The van der Waals surface area contributed by atoms with E-state index < -0.39 is 0 Å². The van der Waals surface area contributed by atoms with Crippen LogP contribution in [-0.2, 0) is 11.2 Å². The van der Waals surface area contributed by atoms with Crippen molar-refractivity contribution in [1.82, 2.24) is 0 Å². The minimum Gasteiger partial charge on any atom is -0.494 e. The number of hydrogen-bond acceptors (Lipinski definition) is 2. The standard InChI is InChI=1S/C16H24O2/c1-3-4-5-12-17-15-9-6-14(7-10-15)8-11-16-13(2)18-16/h6-7,9-10,13,16H,3-5,8,11-12H2,1-2H3. The molecule has 1 saturated heterocycles. The Hall–Kier alpha value is -1.02. The summed E-state index contributed by atoms with van der Waals surface area (Å²) in [6.45, 7) is 5.18. The highest BCUT2D eigenvalue weighted by atomic mass is 16.6. The lowest BCUT2D eigenvalue weighted by atomic mass is 10.1. The molecule has 0 amide bonds. The van der Waals surface area contributed by atoms with Crippen LogP contribution in [0.4, 0.5) is 0 Å². The van der Waals surface area contributed by atoms with Gasteiger partial charge in [0.1, 0.15) is 5.75 Å². The third-order valence-electron chi connectivity index (χ3n) is 3.49. The average molecular weight is 248 g/mol. The molecule has 100 valence electrons. The molecule has 0 aliphatic carbocycles. The molecule has 1 aromatic carbocycles. The molecule has 1 heterocycles. The zero-order valence-corrected chi connectivity index (χ0v) is 11.5. The molecule has 1 fully saturated rings. The first-order valence-corrected chi connectivity index (χ1v) is 7.17. The third kappa shape index (κ3) is 4.34. The van der Waals surface area contributed by atoms with E-state index in [0.29, 0.717) is 12.2 Å². The van der Waals surface area contributed by atoms with Gasteiger partial charge in [0.25, 0.3) is 0 Å². The summed E-state index contributed by atoms with van der Waals surface area (Å²) in [5, 5.41) is 0. The Balaban J connectivity index is 1.68. The number of epoxide rings is 1. The van der Waals surface area contributed by atoms with E-state index in [2.05, 4.69) is 38.1 Å². The second-order valence-electron chi connectivity index (χ2n) is 5.12. The first kappa shape index (κ1) is 13.4. The maximum absolute atomic E-state index is 5.69. The van der Waals surface area contributed by atoms with Gasteiger partial charge in [-0.05, 0) is 43.9 Å². The summed E-state index contributed by atoms with van der Waals surface area (Å²) in [5.74, 6) is 0.992. The summed E-state index contributed by atoms with van der Waals surface area (Å²) in [6, 6.07) is 8.50. The molecule has 0 radical (unpaired) electrons. The summed E-state index contributed by atoms with van der Waals surface area (Å²) in [6.07, 6.45) is 6.85. The van der Waals surface area contributed by atoms with Crippen LogP contribution < -0.4 is 4.74 Å². The van der Waals surface area contributed by atoms with E-state index in [1.54, 1.807) is 0 Å². The van der Waals surface area contributed by atoms with Gasteiger partial charge in [-0.1, -0.05) is 31.9 Å². The molecule has 2 rings (SSSR count). The van der Waals surface area contributed by atoms with Crippen LogP contribution in [0, 0.1) is 0 Å². The number of unbranched alkanes of at least 4 members (excludes halogenated alkanes) is 2. The van der Waals surface area contributed by atoms with E-state index >= 15 is 0 Å². The van der Waals surface area contributed by atoms with Crippen LogP contribution >= 0.6 is 0 Å². The van der Waals surface area contributed by atoms with Crippen molar-refractivity contribution in [1.29, 1.82) is 0 Å². The first-order valence-electron chi connectivity index (χ1n) is 7.17. The van der Waals surface area contributed by atoms with Gasteiger partial charge in [0.2, 0.25) is 0 Å². The Morgan fingerprint density at radius 1 is 1.17 bits per heavy atom. The van der Waals surface area contributed by atoms with Crippen LogP contribution in [0.15, 0.2) is 24.3 Å². The van der Waals surface area contributed by atoms with E-state index in [9.17, 15) is 0 Å². The smallest absolute Gasteiger partial charge is 0.119 e. The van der Waals surface area contributed by atoms with Gasteiger partial charge in [0.05, 0.1) is 18.8 Å². The molecule has 0 aromatic heterocycles. The molecule has 1 aliphatic rings. The predicted molar refractivity (Wildman–Crippen MR) is 74.1 cm³/mol. The van der Waals surface area contributed by atoms with Gasteiger partial charge >= 0.3 is 0 Å². The summed E-state index contributed by atoms with van der Waals surface area (Å²) in [5.41, 5.74) is 1.37. The highest BCUT2D eigenvalue weighted by molar-refractivity contribution is 5.27. The molecule has 18 heavy (non-hydrogen) atoms. The Morgan fingerprint density at radius 2 is 1.89 bits per heavy atom. The fourth-order valence-electron chi connectivity index (χ4n) is 2.14. The minimum absolute atomic E-state index is 0.478. The quantitative estimate of drug-likeness (QED) is 0.513. The van der Waals surface area contributed by atoms with Crippen molar-refractivity contribution in [2.75, 3.05) is 6.61 Å². The van der Waals surface area contributed by atoms with Gasteiger partial charge in [-0.25, -0.2) is 0 Å². The van der Waals surface area contributed by atoms with Crippen molar-refractivity contribution in [2.24, 2.45) is 0 Å². The van der Waals surface area contributed by atoms with E-state index in [1.165, 1.54) is 18.4 Å². The number of benzene rings is 1. The number of aryl methyl sites for hydroxylation is 1. The van der Waals surface area contributed by atoms with Gasteiger partial charge in [-0.3, -0.25) is 0 Å². The van der Waals surface area contributed by atoms with Crippen molar-refractivity contribution < 1.29 is 9.47 Å². The zero-order valence-electron chi connectivity index (χ0n) is 11.5. The number of ether oxygens (including phenoxy) is 2. The summed E-state index contributed by atoms with van der Waals surface area (Å²) < 4.78 is 11.1. The molecule has 1 aliphatic heterocycles.